The van der Waals surface area contributed by atoms with Crippen LogP contribution in [0, 0.1) is 0 Å². The van der Waals surface area contributed by atoms with Crippen LogP contribution in [-0.2, 0) is 4.79 Å². The molecule has 2 unspecified atom stereocenters. The summed E-state index contributed by atoms with van der Waals surface area (Å²) in [6.45, 7) is 6.29. The van der Waals surface area contributed by atoms with Gasteiger partial charge in [-0.05, 0) is 12.8 Å². The van der Waals surface area contributed by atoms with Gasteiger partial charge >= 0.3 is 6.03 Å². The zero-order valence-corrected chi connectivity index (χ0v) is 11.5. The van der Waals surface area contributed by atoms with E-state index in [1.165, 1.54) is 7.05 Å². The van der Waals surface area contributed by atoms with Crippen molar-refractivity contribution in [3.63, 3.8) is 0 Å². The fourth-order valence-corrected chi connectivity index (χ4v) is 2.21. The van der Waals surface area contributed by atoms with Gasteiger partial charge in [-0.1, -0.05) is 13.8 Å². The molecule has 0 saturated carbocycles. The Labute approximate surface area is 108 Å². The molecule has 0 aromatic carbocycles. The van der Waals surface area contributed by atoms with E-state index in [0.29, 0.717) is 12.1 Å². The normalized spacial score (nSPS) is 24.6. The molecule has 0 aromatic rings. The number of nitrogens with zero attached hydrogens (tertiary/aromatic N) is 1. The summed E-state index contributed by atoms with van der Waals surface area (Å²) in [6, 6.07) is 0.346. The number of hydrogen-bond acceptors (Lipinski definition) is 4. The lowest BCUT2D eigenvalue weighted by molar-refractivity contribution is -0.122. The van der Waals surface area contributed by atoms with Gasteiger partial charge < -0.3 is 10.6 Å². The summed E-state index contributed by atoms with van der Waals surface area (Å²) in [5.41, 5.74) is 0. The number of nitrogens with one attached hydrogen (secondary N) is 3. The highest BCUT2D eigenvalue weighted by atomic mass is 16.2. The van der Waals surface area contributed by atoms with Gasteiger partial charge in [-0.3, -0.25) is 15.0 Å². The maximum atomic E-state index is 11.7. The predicted octanol–water partition coefficient (Wildman–Crippen LogP) is -0.0956. The Balaban J connectivity index is 2.50. The van der Waals surface area contributed by atoms with Crippen LogP contribution in [0.25, 0.3) is 0 Å². The number of carbonyl (C=O) groups excluding carboxylic acids is 2. The van der Waals surface area contributed by atoms with Crippen LogP contribution in [0.15, 0.2) is 0 Å². The van der Waals surface area contributed by atoms with Crippen LogP contribution in [0.5, 0.6) is 0 Å². The summed E-state index contributed by atoms with van der Waals surface area (Å²) in [7, 11) is 1.50. The third-order valence-corrected chi connectivity index (χ3v) is 3.40. The second-order valence-electron chi connectivity index (χ2n) is 4.63. The number of amides is 3. The van der Waals surface area contributed by atoms with E-state index in [0.717, 1.165) is 25.9 Å². The summed E-state index contributed by atoms with van der Waals surface area (Å²) in [5.74, 6) is -0.246. The maximum absolute atomic E-state index is 11.7. The fraction of sp³-hybridized carbons (Fsp3) is 0.833. The Bertz CT molecular complexity index is 296. The van der Waals surface area contributed by atoms with Crippen molar-refractivity contribution >= 4 is 11.9 Å². The van der Waals surface area contributed by atoms with Crippen molar-refractivity contribution in [2.24, 2.45) is 0 Å². The quantitative estimate of drug-likeness (QED) is 0.657. The van der Waals surface area contributed by atoms with E-state index < -0.39 is 6.03 Å². The zero-order chi connectivity index (χ0) is 13.5. The molecule has 1 rings (SSSR count). The SMILES string of the molecule is CCC1CN(CC(=O)NC(=O)NC)C(CC)CN1. The predicted molar refractivity (Wildman–Crippen MR) is 70.3 cm³/mol. The van der Waals surface area contributed by atoms with Gasteiger partial charge in [0.25, 0.3) is 0 Å². The monoisotopic (exact) mass is 256 g/mol. The summed E-state index contributed by atoms with van der Waals surface area (Å²) in [5, 5.41) is 8.15. The van der Waals surface area contributed by atoms with E-state index in [-0.39, 0.29) is 12.5 Å². The molecule has 1 heterocycles. The smallest absolute Gasteiger partial charge is 0.321 e. The summed E-state index contributed by atoms with van der Waals surface area (Å²) < 4.78 is 0. The molecule has 1 aliphatic rings. The molecule has 18 heavy (non-hydrogen) atoms. The summed E-state index contributed by atoms with van der Waals surface area (Å²) >= 11 is 0. The Kier molecular flexibility index (Phi) is 6.07. The number of hydrogen-bond donors (Lipinski definition) is 3. The zero-order valence-electron chi connectivity index (χ0n) is 11.5. The van der Waals surface area contributed by atoms with Crippen LogP contribution in [0.1, 0.15) is 26.7 Å². The van der Waals surface area contributed by atoms with Gasteiger partial charge in [0, 0.05) is 32.2 Å². The third-order valence-electron chi connectivity index (χ3n) is 3.40. The molecule has 6 heteroatoms. The Hall–Kier alpha value is -1.14. The van der Waals surface area contributed by atoms with Crippen LogP contribution in [0.3, 0.4) is 0 Å². The van der Waals surface area contributed by atoms with Gasteiger partial charge in [0.1, 0.15) is 0 Å². The molecule has 6 nitrogen and oxygen atoms in total. The molecule has 1 saturated heterocycles. The minimum atomic E-state index is -0.449. The minimum absolute atomic E-state index is 0.246. The van der Waals surface area contributed by atoms with Crippen molar-refractivity contribution in [2.45, 2.75) is 38.8 Å². The van der Waals surface area contributed by atoms with Gasteiger partial charge in [0.15, 0.2) is 0 Å². The molecule has 104 valence electrons. The molecule has 0 radical (unpaired) electrons. The number of imide groups is 1. The van der Waals surface area contributed by atoms with E-state index in [1.807, 2.05) is 0 Å². The molecule has 1 fully saturated rings. The van der Waals surface area contributed by atoms with Crippen molar-refractivity contribution < 1.29 is 9.59 Å². The second-order valence-corrected chi connectivity index (χ2v) is 4.63. The van der Waals surface area contributed by atoms with E-state index in [4.69, 9.17) is 0 Å². The van der Waals surface area contributed by atoms with E-state index >= 15 is 0 Å². The van der Waals surface area contributed by atoms with Crippen LogP contribution < -0.4 is 16.0 Å². The standard InChI is InChI=1S/C12H24N4O2/c1-4-9-7-16(10(5-2)6-14-9)8-11(17)15-12(18)13-3/h9-10,14H,4-8H2,1-3H3,(H2,13,15,17,18). The largest absolute Gasteiger partial charge is 0.341 e. The fourth-order valence-electron chi connectivity index (χ4n) is 2.21. The van der Waals surface area contributed by atoms with E-state index in [2.05, 4.69) is 34.7 Å². The van der Waals surface area contributed by atoms with E-state index in [9.17, 15) is 9.59 Å². The third kappa shape index (κ3) is 4.27. The van der Waals surface area contributed by atoms with Gasteiger partial charge in [0.2, 0.25) is 5.91 Å². The number of urea groups is 1. The maximum Gasteiger partial charge on any atom is 0.321 e. The molecular formula is C12H24N4O2. The molecule has 0 spiro atoms. The molecule has 1 aliphatic heterocycles. The van der Waals surface area contributed by atoms with Gasteiger partial charge in [-0.15, -0.1) is 0 Å². The van der Waals surface area contributed by atoms with E-state index in [1.54, 1.807) is 0 Å². The first kappa shape index (κ1) is 14.9. The van der Waals surface area contributed by atoms with Gasteiger partial charge in [0.05, 0.1) is 6.54 Å². The Morgan fingerprint density at radius 3 is 2.61 bits per heavy atom. The average molecular weight is 256 g/mol. The highest BCUT2D eigenvalue weighted by Crippen LogP contribution is 2.11. The van der Waals surface area contributed by atoms with Crippen LogP contribution in [0.2, 0.25) is 0 Å². The first-order chi connectivity index (χ1) is 8.60. The van der Waals surface area contributed by atoms with Crippen molar-refractivity contribution in [1.29, 1.82) is 0 Å². The number of carbonyl (C=O) groups is 2. The molecule has 2 atom stereocenters. The lowest BCUT2D eigenvalue weighted by Gasteiger charge is -2.39. The Morgan fingerprint density at radius 1 is 1.33 bits per heavy atom. The molecule has 0 bridgehead atoms. The van der Waals surface area contributed by atoms with Gasteiger partial charge in [-0.25, -0.2) is 4.79 Å². The first-order valence-electron chi connectivity index (χ1n) is 6.59. The van der Waals surface area contributed by atoms with Crippen molar-refractivity contribution in [3.05, 3.63) is 0 Å². The van der Waals surface area contributed by atoms with Crippen molar-refractivity contribution in [1.82, 2.24) is 20.9 Å². The van der Waals surface area contributed by atoms with Crippen LogP contribution >= 0.6 is 0 Å². The van der Waals surface area contributed by atoms with Crippen LogP contribution in [0.4, 0.5) is 4.79 Å². The summed E-state index contributed by atoms with van der Waals surface area (Å²) in [6.07, 6.45) is 2.04. The Morgan fingerprint density at radius 2 is 2.06 bits per heavy atom. The molecular weight excluding hydrogens is 232 g/mol. The molecule has 0 aliphatic carbocycles. The number of rotatable bonds is 4. The molecule has 0 aromatic heterocycles. The first-order valence-corrected chi connectivity index (χ1v) is 6.59. The second kappa shape index (κ2) is 7.33. The average Bonchev–Trinajstić information content (AvgIpc) is 2.38. The van der Waals surface area contributed by atoms with Gasteiger partial charge in [-0.2, -0.15) is 0 Å². The van der Waals surface area contributed by atoms with Crippen molar-refractivity contribution in [2.75, 3.05) is 26.7 Å². The lowest BCUT2D eigenvalue weighted by atomic mass is 10.1. The highest BCUT2D eigenvalue weighted by Gasteiger charge is 2.27. The molecule has 3 N–H and O–H groups in total. The minimum Gasteiger partial charge on any atom is -0.341 e. The lowest BCUT2D eigenvalue weighted by Crippen LogP contribution is -2.58. The van der Waals surface area contributed by atoms with Crippen LogP contribution in [-0.4, -0.2) is 55.6 Å². The number of piperazine rings is 1. The highest BCUT2D eigenvalue weighted by molar-refractivity contribution is 5.95. The molecule has 3 amide bonds. The summed E-state index contributed by atoms with van der Waals surface area (Å²) in [4.78, 5) is 24.9. The van der Waals surface area contributed by atoms with Crippen molar-refractivity contribution in [3.8, 4) is 0 Å². The topological polar surface area (TPSA) is 73.5 Å².